The first-order valence-electron chi connectivity index (χ1n) is 7.66. The summed E-state index contributed by atoms with van der Waals surface area (Å²) in [6, 6.07) is 0.444. The van der Waals surface area contributed by atoms with Gasteiger partial charge in [-0.3, -0.25) is 4.68 Å². The van der Waals surface area contributed by atoms with Gasteiger partial charge in [-0.15, -0.1) is 0 Å². The highest BCUT2D eigenvalue weighted by molar-refractivity contribution is 9.10. The number of halogens is 1. The van der Waals surface area contributed by atoms with Crippen molar-refractivity contribution in [1.82, 2.24) is 15.1 Å². The molecule has 116 valence electrons. The fourth-order valence-corrected chi connectivity index (χ4v) is 2.74. The molecule has 1 aromatic heterocycles. The van der Waals surface area contributed by atoms with Gasteiger partial charge in [0.2, 0.25) is 0 Å². The molecule has 1 aromatic rings. The molecule has 1 unspecified atom stereocenters. The van der Waals surface area contributed by atoms with E-state index in [9.17, 15) is 0 Å². The van der Waals surface area contributed by atoms with Crippen molar-refractivity contribution < 1.29 is 4.74 Å². The van der Waals surface area contributed by atoms with E-state index in [1.165, 1.54) is 5.69 Å². The van der Waals surface area contributed by atoms with Crippen molar-refractivity contribution in [2.45, 2.75) is 59.5 Å². The molecule has 0 fully saturated rings. The zero-order valence-electron chi connectivity index (χ0n) is 13.2. The van der Waals surface area contributed by atoms with E-state index in [4.69, 9.17) is 4.74 Å². The summed E-state index contributed by atoms with van der Waals surface area (Å²) < 4.78 is 8.75. The number of nitrogens with zero attached hydrogens (tertiary/aromatic N) is 2. The van der Waals surface area contributed by atoms with E-state index in [-0.39, 0.29) is 0 Å². The molecule has 0 bridgehead atoms. The highest BCUT2D eigenvalue weighted by Gasteiger charge is 2.17. The summed E-state index contributed by atoms with van der Waals surface area (Å²) in [5, 5.41) is 8.19. The Labute approximate surface area is 131 Å². The molecule has 0 aliphatic rings. The molecule has 1 atom stereocenters. The first kappa shape index (κ1) is 17.7. The molecule has 0 aliphatic heterocycles. The average molecular weight is 346 g/mol. The number of nitrogens with one attached hydrogen (secondary N) is 1. The zero-order chi connectivity index (χ0) is 15.0. The Kier molecular flexibility index (Phi) is 8.41. The SMILES string of the molecule is CCCNC(CCOCC)Cc1c(Br)c(C)nn1CC. The van der Waals surface area contributed by atoms with Gasteiger partial charge in [0.25, 0.3) is 0 Å². The molecule has 1 rings (SSSR count). The lowest BCUT2D eigenvalue weighted by molar-refractivity contribution is 0.136. The summed E-state index contributed by atoms with van der Waals surface area (Å²) >= 11 is 3.68. The van der Waals surface area contributed by atoms with Gasteiger partial charge in [-0.1, -0.05) is 6.92 Å². The maximum Gasteiger partial charge on any atom is 0.0738 e. The third-order valence-corrected chi connectivity index (χ3v) is 4.42. The predicted molar refractivity (Wildman–Crippen MR) is 87.2 cm³/mol. The number of hydrogen-bond acceptors (Lipinski definition) is 3. The summed E-state index contributed by atoms with van der Waals surface area (Å²) in [6.07, 6.45) is 3.18. The van der Waals surface area contributed by atoms with Gasteiger partial charge in [-0.05, 0) is 56.1 Å². The van der Waals surface area contributed by atoms with Gasteiger partial charge in [0.1, 0.15) is 0 Å². The van der Waals surface area contributed by atoms with Crippen molar-refractivity contribution >= 4 is 15.9 Å². The number of ether oxygens (including phenoxy) is 1. The fraction of sp³-hybridized carbons (Fsp3) is 0.800. The predicted octanol–water partition coefficient (Wildman–Crippen LogP) is 3.31. The topological polar surface area (TPSA) is 39.1 Å². The molecule has 0 amide bonds. The molecule has 0 aromatic carbocycles. The van der Waals surface area contributed by atoms with E-state index in [2.05, 4.69) is 51.8 Å². The van der Waals surface area contributed by atoms with Crippen LogP contribution in [-0.2, 0) is 17.7 Å². The Bertz CT molecular complexity index is 393. The van der Waals surface area contributed by atoms with Crippen LogP contribution < -0.4 is 5.32 Å². The van der Waals surface area contributed by atoms with Crippen LogP contribution in [-0.4, -0.2) is 35.6 Å². The van der Waals surface area contributed by atoms with Crippen molar-refractivity contribution in [3.8, 4) is 0 Å². The molecule has 0 spiro atoms. The van der Waals surface area contributed by atoms with Crippen LogP contribution in [0.25, 0.3) is 0 Å². The minimum Gasteiger partial charge on any atom is -0.382 e. The first-order chi connectivity index (χ1) is 9.63. The largest absolute Gasteiger partial charge is 0.382 e. The van der Waals surface area contributed by atoms with E-state index >= 15 is 0 Å². The fourth-order valence-electron chi connectivity index (χ4n) is 2.29. The third kappa shape index (κ3) is 5.19. The Morgan fingerprint density at radius 2 is 2.10 bits per heavy atom. The van der Waals surface area contributed by atoms with Gasteiger partial charge in [-0.2, -0.15) is 5.10 Å². The van der Waals surface area contributed by atoms with Gasteiger partial charge in [-0.25, -0.2) is 0 Å². The van der Waals surface area contributed by atoms with E-state index < -0.39 is 0 Å². The van der Waals surface area contributed by atoms with Crippen LogP contribution >= 0.6 is 15.9 Å². The molecule has 0 saturated carbocycles. The van der Waals surface area contributed by atoms with E-state index in [0.717, 1.165) is 55.7 Å². The van der Waals surface area contributed by atoms with Gasteiger partial charge < -0.3 is 10.1 Å². The lowest BCUT2D eigenvalue weighted by atomic mass is 10.1. The van der Waals surface area contributed by atoms with Crippen LogP contribution in [0, 0.1) is 6.92 Å². The molecule has 0 radical (unpaired) electrons. The molecule has 1 heterocycles. The summed E-state index contributed by atoms with van der Waals surface area (Å²) in [4.78, 5) is 0. The summed E-state index contributed by atoms with van der Waals surface area (Å²) in [5.41, 5.74) is 2.36. The zero-order valence-corrected chi connectivity index (χ0v) is 14.8. The third-order valence-electron chi connectivity index (χ3n) is 3.39. The number of aryl methyl sites for hydroxylation is 2. The highest BCUT2D eigenvalue weighted by atomic mass is 79.9. The number of rotatable bonds is 10. The Morgan fingerprint density at radius 3 is 2.70 bits per heavy atom. The number of hydrogen-bond donors (Lipinski definition) is 1. The van der Waals surface area contributed by atoms with Gasteiger partial charge in [0.15, 0.2) is 0 Å². The van der Waals surface area contributed by atoms with Crippen molar-refractivity contribution in [1.29, 1.82) is 0 Å². The molecule has 20 heavy (non-hydrogen) atoms. The minimum atomic E-state index is 0.444. The van der Waals surface area contributed by atoms with Crippen molar-refractivity contribution in [2.24, 2.45) is 0 Å². The quantitative estimate of drug-likeness (QED) is 0.661. The standard InChI is InChI=1S/C15H28BrN3O/c1-5-9-17-13(8-10-20-7-3)11-14-15(16)12(4)18-19(14)6-2/h13,17H,5-11H2,1-4H3. The van der Waals surface area contributed by atoms with E-state index in [1.807, 2.05) is 6.92 Å². The molecular formula is C15H28BrN3O. The first-order valence-corrected chi connectivity index (χ1v) is 8.46. The van der Waals surface area contributed by atoms with Crippen LogP contribution in [0.2, 0.25) is 0 Å². The van der Waals surface area contributed by atoms with Crippen LogP contribution in [0.3, 0.4) is 0 Å². The molecular weight excluding hydrogens is 318 g/mol. The van der Waals surface area contributed by atoms with Crippen LogP contribution in [0.15, 0.2) is 4.47 Å². The van der Waals surface area contributed by atoms with Gasteiger partial charge >= 0.3 is 0 Å². The summed E-state index contributed by atoms with van der Waals surface area (Å²) in [7, 11) is 0. The van der Waals surface area contributed by atoms with Crippen LogP contribution in [0.5, 0.6) is 0 Å². The van der Waals surface area contributed by atoms with Crippen LogP contribution in [0.1, 0.15) is 45.0 Å². The molecule has 5 heteroatoms. The van der Waals surface area contributed by atoms with Crippen molar-refractivity contribution in [3.05, 3.63) is 15.9 Å². The van der Waals surface area contributed by atoms with Crippen LogP contribution in [0.4, 0.5) is 0 Å². The second-order valence-corrected chi connectivity index (χ2v) is 5.80. The molecule has 0 saturated heterocycles. The Hall–Kier alpha value is -0.390. The molecule has 4 nitrogen and oxygen atoms in total. The lowest BCUT2D eigenvalue weighted by Crippen LogP contribution is -2.33. The monoisotopic (exact) mass is 345 g/mol. The van der Waals surface area contributed by atoms with E-state index in [0.29, 0.717) is 6.04 Å². The second kappa shape index (κ2) is 9.53. The maximum absolute atomic E-state index is 5.50. The molecule has 0 aliphatic carbocycles. The maximum atomic E-state index is 5.50. The van der Waals surface area contributed by atoms with Crippen molar-refractivity contribution in [2.75, 3.05) is 19.8 Å². The van der Waals surface area contributed by atoms with Gasteiger partial charge in [0.05, 0.1) is 15.9 Å². The van der Waals surface area contributed by atoms with E-state index in [1.54, 1.807) is 0 Å². The van der Waals surface area contributed by atoms with Gasteiger partial charge in [0, 0.05) is 32.2 Å². The molecule has 1 N–H and O–H groups in total. The Balaban J connectivity index is 2.71. The summed E-state index contributed by atoms with van der Waals surface area (Å²) in [6.45, 7) is 12.0. The Morgan fingerprint density at radius 1 is 1.35 bits per heavy atom. The smallest absolute Gasteiger partial charge is 0.0738 e. The summed E-state index contributed by atoms with van der Waals surface area (Å²) in [5.74, 6) is 0. The number of aromatic nitrogens is 2. The second-order valence-electron chi connectivity index (χ2n) is 5.00. The highest BCUT2D eigenvalue weighted by Crippen LogP contribution is 2.23. The normalized spacial score (nSPS) is 12.8. The van der Waals surface area contributed by atoms with Crippen molar-refractivity contribution in [3.63, 3.8) is 0 Å². The average Bonchev–Trinajstić information content (AvgIpc) is 2.72. The minimum absolute atomic E-state index is 0.444. The lowest BCUT2D eigenvalue weighted by Gasteiger charge is -2.19.